The van der Waals surface area contributed by atoms with Crippen molar-refractivity contribution in [1.29, 1.82) is 0 Å². The monoisotopic (exact) mass is 345 g/mol. The molecule has 0 bridgehead atoms. The number of hydrogen-bond donors (Lipinski definition) is 1. The van der Waals surface area contributed by atoms with Gasteiger partial charge in [-0.15, -0.1) is 0 Å². The molecule has 0 heterocycles. The van der Waals surface area contributed by atoms with Crippen LogP contribution >= 0.6 is 0 Å². The van der Waals surface area contributed by atoms with Gasteiger partial charge in [0.15, 0.2) is 0 Å². The molecule has 1 atom stereocenters. The fourth-order valence-electron chi connectivity index (χ4n) is 2.18. The van der Waals surface area contributed by atoms with Crippen molar-refractivity contribution in [3.05, 3.63) is 48.0 Å². The van der Waals surface area contributed by atoms with Gasteiger partial charge in [-0.25, -0.2) is 0 Å². The third-order valence-corrected chi connectivity index (χ3v) is 3.55. The van der Waals surface area contributed by atoms with E-state index in [1.54, 1.807) is 39.5 Å². The van der Waals surface area contributed by atoms with Crippen LogP contribution in [-0.4, -0.2) is 39.9 Å². The summed E-state index contributed by atoms with van der Waals surface area (Å²) in [5, 5.41) is 2.89. The second kappa shape index (κ2) is 8.82. The van der Waals surface area contributed by atoms with Crippen LogP contribution < -0.4 is 24.3 Å². The smallest absolute Gasteiger partial charge is 0.251 e. The first-order chi connectivity index (χ1) is 12.0. The third-order valence-electron chi connectivity index (χ3n) is 3.55. The Kier molecular flexibility index (Phi) is 6.51. The van der Waals surface area contributed by atoms with E-state index < -0.39 is 0 Å². The average Bonchev–Trinajstić information content (AvgIpc) is 2.66. The molecule has 25 heavy (non-hydrogen) atoms. The molecule has 0 aliphatic rings. The van der Waals surface area contributed by atoms with E-state index in [0.717, 1.165) is 5.75 Å². The SMILES string of the molecule is COc1ccc(OC[C@H](C)NC(=O)c2cc(OC)cc(OC)c2)cc1. The van der Waals surface area contributed by atoms with E-state index in [9.17, 15) is 4.79 Å². The van der Waals surface area contributed by atoms with Gasteiger partial charge < -0.3 is 24.3 Å². The molecule has 6 heteroatoms. The van der Waals surface area contributed by atoms with Crippen molar-refractivity contribution in [3.63, 3.8) is 0 Å². The van der Waals surface area contributed by atoms with E-state index in [1.165, 1.54) is 0 Å². The van der Waals surface area contributed by atoms with E-state index in [4.69, 9.17) is 18.9 Å². The van der Waals surface area contributed by atoms with Gasteiger partial charge in [-0.05, 0) is 43.3 Å². The molecule has 0 radical (unpaired) electrons. The van der Waals surface area contributed by atoms with Gasteiger partial charge in [-0.3, -0.25) is 4.79 Å². The van der Waals surface area contributed by atoms with Crippen molar-refractivity contribution in [1.82, 2.24) is 5.32 Å². The summed E-state index contributed by atoms with van der Waals surface area (Å²) in [6.45, 7) is 2.22. The van der Waals surface area contributed by atoms with Crippen LogP contribution in [0.5, 0.6) is 23.0 Å². The molecule has 1 N–H and O–H groups in total. The Labute approximate surface area is 147 Å². The number of carbonyl (C=O) groups is 1. The number of amides is 1. The van der Waals surface area contributed by atoms with Gasteiger partial charge >= 0.3 is 0 Å². The van der Waals surface area contributed by atoms with Gasteiger partial charge in [0.05, 0.1) is 27.4 Å². The first-order valence-electron chi connectivity index (χ1n) is 7.86. The standard InChI is InChI=1S/C19H23NO5/c1-13(12-25-16-7-5-15(22-2)6-8-16)20-19(21)14-9-17(23-3)11-18(10-14)24-4/h5-11,13H,12H2,1-4H3,(H,20,21)/t13-/m0/s1. The highest BCUT2D eigenvalue weighted by Crippen LogP contribution is 2.22. The van der Waals surface area contributed by atoms with Gasteiger partial charge in [0.1, 0.15) is 29.6 Å². The first-order valence-corrected chi connectivity index (χ1v) is 7.86. The number of benzene rings is 2. The van der Waals surface area contributed by atoms with E-state index in [2.05, 4.69) is 5.32 Å². The van der Waals surface area contributed by atoms with Crippen LogP contribution in [0.25, 0.3) is 0 Å². The minimum absolute atomic E-state index is 0.174. The molecule has 6 nitrogen and oxygen atoms in total. The molecule has 0 saturated carbocycles. The van der Waals surface area contributed by atoms with Crippen molar-refractivity contribution in [2.24, 2.45) is 0 Å². The predicted octanol–water partition coefficient (Wildman–Crippen LogP) is 2.91. The van der Waals surface area contributed by atoms with E-state index >= 15 is 0 Å². The number of ether oxygens (including phenoxy) is 4. The van der Waals surface area contributed by atoms with Crippen LogP contribution in [-0.2, 0) is 0 Å². The number of carbonyl (C=O) groups excluding carboxylic acids is 1. The molecule has 0 spiro atoms. The van der Waals surface area contributed by atoms with Crippen molar-refractivity contribution in [3.8, 4) is 23.0 Å². The lowest BCUT2D eigenvalue weighted by Crippen LogP contribution is -2.36. The molecule has 2 aromatic rings. The molecule has 0 unspecified atom stereocenters. The number of rotatable bonds is 8. The quantitative estimate of drug-likeness (QED) is 0.797. The first kappa shape index (κ1) is 18.4. The number of hydrogen-bond acceptors (Lipinski definition) is 5. The topological polar surface area (TPSA) is 66.0 Å². The molecule has 0 aliphatic carbocycles. The molecular formula is C19H23NO5. The van der Waals surface area contributed by atoms with E-state index in [1.807, 2.05) is 31.2 Å². The average molecular weight is 345 g/mol. The van der Waals surface area contributed by atoms with E-state index in [0.29, 0.717) is 29.4 Å². The summed E-state index contributed by atoms with van der Waals surface area (Å²) < 4.78 is 21.1. The maximum Gasteiger partial charge on any atom is 0.251 e. The highest BCUT2D eigenvalue weighted by molar-refractivity contribution is 5.95. The molecule has 0 fully saturated rings. The second-order valence-corrected chi connectivity index (χ2v) is 5.46. The predicted molar refractivity (Wildman–Crippen MR) is 95.0 cm³/mol. The Morgan fingerprint density at radius 1 is 0.880 bits per heavy atom. The molecule has 2 rings (SSSR count). The Morgan fingerprint density at radius 3 is 1.92 bits per heavy atom. The van der Waals surface area contributed by atoms with Crippen molar-refractivity contribution in [2.75, 3.05) is 27.9 Å². The lowest BCUT2D eigenvalue weighted by molar-refractivity contribution is 0.0926. The van der Waals surface area contributed by atoms with Crippen LogP contribution in [0.1, 0.15) is 17.3 Å². The summed E-state index contributed by atoms with van der Waals surface area (Å²) in [5.41, 5.74) is 0.465. The maximum absolute atomic E-state index is 12.4. The van der Waals surface area contributed by atoms with Gasteiger partial charge in [-0.1, -0.05) is 0 Å². The zero-order valence-corrected chi connectivity index (χ0v) is 14.9. The summed E-state index contributed by atoms with van der Waals surface area (Å²) >= 11 is 0. The summed E-state index contributed by atoms with van der Waals surface area (Å²) in [5.74, 6) is 2.38. The van der Waals surface area contributed by atoms with Gasteiger partial charge in [0.2, 0.25) is 0 Å². The van der Waals surface area contributed by atoms with Gasteiger partial charge in [0, 0.05) is 11.6 Å². The summed E-state index contributed by atoms with van der Waals surface area (Å²) in [6.07, 6.45) is 0. The van der Waals surface area contributed by atoms with Crippen LogP contribution in [0, 0.1) is 0 Å². The zero-order chi connectivity index (χ0) is 18.2. The van der Waals surface area contributed by atoms with Gasteiger partial charge in [0.25, 0.3) is 5.91 Å². The Morgan fingerprint density at radius 2 is 1.40 bits per heavy atom. The van der Waals surface area contributed by atoms with Crippen LogP contribution in [0.15, 0.2) is 42.5 Å². The molecule has 0 saturated heterocycles. The van der Waals surface area contributed by atoms with Crippen molar-refractivity contribution in [2.45, 2.75) is 13.0 Å². The number of nitrogens with one attached hydrogen (secondary N) is 1. The van der Waals surface area contributed by atoms with Crippen molar-refractivity contribution < 1.29 is 23.7 Å². The normalized spacial score (nSPS) is 11.4. The van der Waals surface area contributed by atoms with Crippen LogP contribution in [0.2, 0.25) is 0 Å². The summed E-state index contributed by atoms with van der Waals surface area (Å²) in [7, 11) is 4.70. The summed E-state index contributed by atoms with van der Waals surface area (Å²) in [4.78, 5) is 12.4. The zero-order valence-electron chi connectivity index (χ0n) is 14.9. The fourth-order valence-corrected chi connectivity index (χ4v) is 2.18. The van der Waals surface area contributed by atoms with Crippen LogP contribution in [0.3, 0.4) is 0 Å². The fraction of sp³-hybridized carbons (Fsp3) is 0.316. The molecular weight excluding hydrogens is 322 g/mol. The lowest BCUT2D eigenvalue weighted by Gasteiger charge is -2.16. The number of methoxy groups -OCH3 is 3. The minimum Gasteiger partial charge on any atom is -0.497 e. The largest absolute Gasteiger partial charge is 0.497 e. The Bertz CT molecular complexity index is 677. The Hall–Kier alpha value is -2.89. The third kappa shape index (κ3) is 5.31. The molecule has 0 aromatic heterocycles. The molecule has 2 aromatic carbocycles. The molecule has 0 aliphatic heterocycles. The lowest BCUT2D eigenvalue weighted by atomic mass is 10.1. The molecule has 1 amide bonds. The minimum atomic E-state index is -0.219. The van der Waals surface area contributed by atoms with Crippen molar-refractivity contribution >= 4 is 5.91 Å². The van der Waals surface area contributed by atoms with Crippen LogP contribution in [0.4, 0.5) is 0 Å². The summed E-state index contributed by atoms with van der Waals surface area (Å²) in [6, 6.07) is 12.1. The highest BCUT2D eigenvalue weighted by atomic mass is 16.5. The maximum atomic E-state index is 12.4. The van der Waals surface area contributed by atoms with E-state index in [-0.39, 0.29) is 11.9 Å². The van der Waals surface area contributed by atoms with Gasteiger partial charge in [-0.2, -0.15) is 0 Å². The molecule has 134 valence electrons. The Balaban J connectivity index is 1.93. The highest BCUT2D eigenvalue weighted by Gasteiger charge is 2.13. The second-order valence-electron chi connectivity index (χ2n) is 5.46.